The van der Waals surface area contributed by atoms with E-state index in [-0.39, 0.29) is 23.9 Å². The molecule has 1 aliphatic carbocycles. The topological polar surface area (TPSA) is 76.5 Å². The Kier molecular flexibility index (Phi) is 6.39. The van der Waals surface area contributed by atoms with Gasteiger partial charge in [-0.2, -0.15) is 0 Å². The number of piperazine rings is 1. The van der Waals surface area contributed by atoms with Crippen LogP contribution in [0.4, 0.5) is 5.69 Å². The van der Waals surface area contributed by atoms with Gasteiger partial charge >= 0.3 is 0 Å². The van der Waals surface area contributed by atoms with E-state index in [0.717, 1.165) is 59.9 Å². The first-order valence-corrected chi connectivity index (χ1v) is 10.1. The number of Topliss-reactive ketones (excluding diaryl/α,β-unsaturated/α-hetero) is 1. The number of nitrogens with one attached hydrogen (secondary N) is 2. The highest BCUT2D eigenvalue weighted by Gasteiger charge is 2.24. The molecule has 28 heavy (non-hydrogen) atoms. The number of anilines is 1. The lowest BCUT2D eigenvalue weighted by molar-refractivity contribution is -0.130. The molecule has 1 aromatic carbocycles. The smallest absolute Gasteiger partial charge is 0.241 e. The average Bonchev–Trinajstić information content (AvgIpc) is 3.16. The second-order valence-corrected chi connectivity index (χ2v) is 7.75. The molecule has 3 rings (SSSR count). The standard InChI is InChI=1S/C21H27ClN4O2/c1-14-17(22)6-4-8-19(14)25-9-11-26(12-10-25)20(28)13-24-18-7-3-5-16(18)21(23)15(2)27/h4,6,8,23-24H,3,5,7,9-13H2,1-2H3. The molecule has 0 aromatic heterocycles. The molecular weight excluding hydrogens is 376 g/mol. The molecule has 2 aliphatic rings. The van der Waals surface area contributed by atoms with Gasteiger partial charge < -0.3 is 15.1 Å². The minimum atomic E-state index is -0.227. The molecule has 150 valence electrons. The van der Waals surface area contributed by atoms with Crippen molar-refractivity contribution in [1.29, 1.82) is 5.41 Å². The molecule has 0 saturated carbocycles. The highest BCUT2D eigenvalue weighted by Crippen LogP contribution is 2.27. The zero-order valence-electron chi connectivity index (χ0n) is 16.5. The van der Waals surface area contributed by atoms with Crippen LogP contribution in [-0.2, 0) is 9.59 Å². The van der Waals surface area contributed by atoms with Gasteiger partial charge in [-0.05, 0) is 49.5 Å². The number of carbonyl (C=O) groups is 2. The van der Waals surface area contributed by atoms with Crippen LogP contribution in [-0.4, -0.2) is 55.0 Å². The SMILES string of the molecule is CC(=O)C(=N)C1=C(NCC(=O)N2CCN(c3cccc(Cl)c3C)CC2)CCC1. The summed E-state index contributed by atoms with van der Waals surface area (Å²) in [4.78, 5) is 28.2. The lowest BCUT2D eigenvalue weighted by Crippen LogP contribution is -2.51. The van der Waals surface area contributed by atoms with E-state index < -0.39 is 0 Å². The highest BCUT2D eigenvalue weighted by molar-refractivity contribution is 6.44. The summed E-state index contributed by atoms with van der Waals surface area (Å²) in [5.74, 6) is -0.175. The Labute approximate surface area is 171 Å². The lowest BCUT2D eigenvalue weighted by Gasteiger charge is -2.37. The van der Waals surface area contributed by atoms with Crippen LogP contribution in [0.3, 0.4) is 0 Å². The number of hydrogen-bond donors (Lipinski definition) is 2. The highest BCUT2D eigenvalue weighted by atomic mass is 35.5. The molecule has 7 heteroatoms. The van der Waals surface area contributed by atoms with E-state index in [1.54, 1.807) is 0 Å². The third kappa shape index (κ3) is 4.38. The van der Waals surface area contributed by atoms with Crippen LogP contribution in [0.2, 0.25) is 5.02 Å². The summed E-state index contributed by atoms with van der Waals surface area (Å²) in [6, 6.07) is 5.92. The number of allylic oxidation sites excluding steroid dienone is 2. The van der Waals surface area contributed by atoms with Crippen molar-refractivity contribution in [3.05, 3.63) is 40.1 Å². The van der Waals surface area contributed by atoms with Crippen molar-refractivity contribution < 1.29 is 9.59 Å². The summed E-state index contributed by atoms with van der Waals surface area (Å²) >= 11 is 6.23. The van der Waals surface area contributed by atoms with Gasteiger partial charge in [-0.25, -0.2) is 0 Å². The van der Waals surface area contributed by atoms with Crippen molar-refractivity contribution in [2.75, 3.05) is 37.6 Å². The van der Waals surface area contributed by atoms with Gasteiger partial charge in [0.1, 0.15) is 5.71 Å². The van der Waals surface area contributed by atoms with E-state index in [9.17, 15) is 9.59 Å². The van der Waals surface area contributed by atoms with Gasteiger partial charge in [0.15, 0.2) is 5.78 Å². The second-order valence-electron chi connectivity index (χ2n) is 7.35. The third-order valence-corrected chi connectivity index (χ3v) is 5.95. The van der Waals surface area contributed by atoms with E-state index >= 15 is 0 Å². The first kappa shape index (κ1) is 20.4. The van der Waals surface area contributed by atoms with Gasteiger partial charge in [-0.15, -0.1) is 0 Å². The fourth-order valence-corrected chi connectivity index (χ4v) is 4.03. The fourth-order valence-electron chi connectivity index (χ4n) is 3.86. The number of hydrogen-bond acceptors (Lipinski definition) is 5. The molecule has 0 radical (unpaired) electrons. The maximum absolute atomic E-state index is 12.6. The Bertz CT molecular complexity index is 826. The molecule has 1 aromatic rings. The van der Waals surface area contributed by atoms with E-state index in [4.69, 9.17) is 17.0 Å². The Hall–Kier alpha value is -2.34. The second kappa shape index (κ2) is 8.78. The van der Waals surface area contributed by atoms with E-state index in [0.29, 0.717) is 13.1 Å². The molecule has 1 amide bonds. The zero-order valence-corrected chi connectivity index (χ0v) is 17.2. The van der Waals surface area contributed by atoms with Crippen molar-refractivity contribution in [1.82, 2.24) is 10.2 Å². The van der Waals surface area contributed by atoms with Crippen LogP contribution in [0.15, 0.2) is 29.5 Å². The van der Waals surface area contributed by atoms with E-state index in [2.05, 4.69) is 16.3 Å². The Balaban J connectivity index is 1.54. The van der Waals surface area contributed by atoms with Crippen LogP contribution >= 0.6 is 11.6 Å². The normalized spacial score (nSPS) is 17.1. The quantitative estimate of drug-likeness (QED) is 0.717. The third-order valence-electron chi connectivity index (χ3n) is 5.54. The van der Waals surface area contributed by atoms with Crippen LogP contribution in [0.25, 0.3) is 0 Å². The van der Waals surface area contributed by atoms with Crippen LogP contribution < -0.4 is 10.2 Å². The van der Waals surface area contributed by atoms with Gasteiger partial charge in [0, 0.05) is 49.5 Å². The molecule has 1 heterocycles. The van der Waals surface area contributed by atoms with Gasteiger partial charge in [0.25, 0.3) is 0 Å². The summed E-state index contributed by atoms with van der Waals surface area (Å²) in [5.41, 5.74) is 3.90. The van der Waals surface area contributed by atoms with Gasteiger partial charge in [0.2, 0.25) is 5.91 Å². The van der Waals surface area contributed by atoms with Crippen molar-refractivity contribution in [2.24, 2.45) is 0 Å². The summed E-state index contributed by atoms with van der Waals surface area (Å²) in [7, 11) is 0. The van der Waals surface area contributed by atoms with Crippen LogP contribution in [0.5, 0.6) is 0 Å². The number of benzene rings is 1. The summed E-state index contributed by atoms with van der Waals surface area (Å²) in [6.07, 6.45) is 2.44. The minimum absolute atomic E-state index is 0.0515. The number of carbonyl (C=O) groups excluding carboxylic acids is 2. The maximum atomic E-state index is 12.6. The predicted octanol–water partition coefficient (Wildman–Crippen LogP) is 2.93. The summed E-state index contributed by atoms with van der Waals surface area (Å²) in [6.45, 7) is 6.53. The number of amides is 1. The van der Waals surface area contributed by atoms with Crippen molar-refractivity contribution in [3.8, 4) is 0 Å². The average molecular weight is 403 g/mol. The molecule has 0 unspecified atom stereocenters. The molecule has 1 fully saturated rings. The van der Waals surface area contributed by atoms with Crippen LogP contribution in [0.1, 0.15) is 31.7 Å². The fraction of sp³-hybridized carbons (Fsp3) is 0.476. The maximum Gasteiger partial charge on any atom is 0.241 e. The Morgan fingerprint density at radius 1 is 1.18 bits per heavy atom. The molecule has 2 N–H and O–H groups in total. The first-order chi connectivity index (χ1) is 13.4. The number of rotatable bonds is 6. The summed E-state index contributed by atoms with van der Waals surface area (Å²) in [5, 5.41) is 11.9. The number of ketones is 1. The zero-order chi connectivity index (χ0) is 20.3. The molecule has 0 spiro atoms. The lowest BCUT2D eigenvalue weighted by atomic mass is 10.1. The summed E-state index contributed by atoms with van der Waals surface area (Å²) < 4.78 is 0. The van der Waals surface area contributed by atoms with Gasteiger partial charge in [-0.1, -0.05) is 17.7 Å². The van der Waals surface area contributed by atoms with E-state index in [1.165, 1.54) is 6.92 Å². The van der Waals surface area contributed by atoms with Crippen LogP contribution in [0, 0.1) is 12.3 Å². The molecule has 6 nitrogen and oxygen atoms in total. The number of halogens is 1. The molecule has 1 saturated heterocycles. The molecule has 1 aliphatic heterocycles. The number of nitrogens with zero attached hydrogens (tertiary/aromatic N) is 2. The molecular formula is C21H27ClN4O2. The van der Waals surface area contributed by atoms with E-state index in [1.807, 2.05) is 24.0 Å². The van der Waals surface area contributed by atoms with Crippen molar-refractivity contribution in [2.45, 2.75) is 33.1 Å². The van der Waals surface area contributed by atoms with Crippen molar-refractivity contribution >= 4 is 34.7 Å². The first-order valence-electron chi connectivity index (χ1n) is 9.72. The largest absolute Gasteiger partial charge is 0.379 e. The molecule has 0 atom stereocenters. The van der Waals surface area contributed by atoms with Gasteiger partial charge in [0.05, 0.1) is 6.54 Å². The minimum Gasteiger partial charge on any atom is -0.379 e. The molecule has 0 bridgehead atoms. The Morgan fingerprint density at radius 3 is 2.57 bits per heavy atom. The Morgan fingerprint density at radius 2 is 1.89 bits per heavy atom. The van der Waals surface area contributed by atoms with Gasteiger partial charge in [-0.3, -0.25) is 15.0 Å². The monoisotopic (exact) mass is 402 g/mol. The van der Waals surface area contributed by atoms with Crippen molar-refractivity contribution in [3.63, 3.8) is 0 Å². The predicted molar refractivity (Wildman–Crippen MR) is 112 cm³/mol.